The molecule has 1 aliphatic rings. The maximum atomic E-state index is 11.5. The van der Waals surface area contributed by atoms with Crippen LogP contribution >= 0.6 is 11.8 Å². The predicted octanol–water partition coefficient (Wildman–Crippen LogP) is 1.94. The van der Waals surface area contributed by atoms with Gasteiger partial charge in [-0.2, -0.15) is 0 Å². The van der Waals surface area contributed by atoms with Gasteiger partial charge in [0.25, 0.3) is 0 Å². The Kier molecular flexibility index (Phi) is 4.68. The number of nitrogens with one attached hydrogen (secondary N) is 1. The van der Waals surface area contributed by atoms with Gasteiger partial charge in [-0.3, -0.25) is 4.79 Å². The molecule has 0 atom stereocenters. The molecule has 0 heterocycles. The highest BCUT2D eigenvalue weighted by Crippen LogP contribution is 2.28. The number of thioether (sulfide) groups is 1. The van der Waals surface area contributed by atoms with Crippen LogP contribution < -0.4 is 5.32 Å². The van der Waals surface area contributed by atoms with Crippen LogP contribution in [0.3, 0.4) is 0 Å². The van der Waals surface area contributed by atoms with Crippen LogP contribution in [0, 0.1) is 0 Å². The van der Waals surface area contributed by atoms with Crippen LogP contribution in [-0.2, 0) is 4.79 Å². The van der Waals surface area contributed by atoms with Crippen molar-refractivity contribution in [2.45, 2.75) is 56.8 Å². The van der Waals surface area contributed by atoms with Gasteiger partial charge in [-0.25, -0.2) is 0 Å². The molecule has 2 N–H and O–H groups in total. The number of hydrogen-bond donors (Lipinski definition) is 2. The summed E-state index contributed by atoms with van der Waals surface area (Å²) in [6.07, 6.45) is 3.78. The molecule has 0 aromatic carbocycles. The fourth-order valence-electron chi connectivity index (χ4n) is 1.81. The summed E-state index contributed by atoms with van der Waals surface area (Å²) in [7, 11) is 0. The molecule has 3 nitrogen and oxygen atoms in total. The molecule has 0 radical (unpaired) electrons. The summed E-state index contributed by atoms with van der Waals surface area (Å²) >= 11 is 1.63. The van der Waals surface area contributed by atoms with Crippen molar-refractivity contribution in [2.75, 3.05) is 12.3 Å². The quantitative estimate of drug-likeness (QED) is 0.796. The molecule has 0 bridgehead atoms. The number of aliphatic hydroxyl groups is 1. The van der Waals surface area contributed by atoms with Crippen LogP contribution in [0.1, 0.15) is 46.5 Å². The summed E-state index contributed by atoms with van der Waals surface area (Å²) in [6.45, 7) is 6.69. The van der Waals surface area contributed by atoms with E-state index < -0.39 is 5.60 Å². The molecule has 0 aromatic rings. The molecule has 1 aliphatic carbocycles. The lowest BCUT2D eigenvalue weighted by Crippen LogP contribution is -2.41. The molecule has 0 unspecified atom stereocenters. The number of rotatable bonds is 4. The van der Waals surface area contributed by atoms with Crippen molar-refractivity contribution in [3.8, 4) is 0 Å². The Morgan fingerprint density at radius 3 is 2.44 bits per heavy atom. The zero-order chi connectivity index (χ0) is 12.2. The first-order valence-electron chi connectivity index (χ1n) is 5.94. The fourth-order valence-corrected chi connectivity index (χ4v) is 2.47. The van der Waals surface area contributed by atoms with E-state index in [1.807, 2.05) is 0 Å². The third-order valence-corrected chi connectivity index (χ3v) is 4.06. The lowest BCUT2D eigenvalue weighted by Gasteiger charge is -2.23. The minimum atomic E-state index is -0.637. The number of carbonyl (C=O) groups is 1. The van der Waals surface area contributed by atoms with Crippen LogP contribution in [0.5, 0.6) is 0 Å². The summed E-state index contributed by atoms with van der Waals surface area (Å²) in [5, 5.41) is 12.9. The van der Waals surface area contributed by atoms with Gasteiger partial charge in [0.15, 0.2) is 0 Å². The van der Waals surface area contributed by atoms with Gasteiger partial charge in [0.2, 0.25) is 5.91 Å². The number of hydrogen-bond acceptors (Lipinski definition) is 3. The lowest BCUT2D eigenvalue weighted by atomic mass is 10.0. The second-order valence-corrected chi connectivity index (χ2v) is 7.41. The van der Waals surface area contributed by atoms with Crippen LogP contribution in [0.15, 0.2) is 0 Å². The van der Waals surface area contributed by atoms with E-state index in [1.165, 1.54) is 0 Å². The fraction of sp³-hybridized carbons (Fsp3) is 0.917. The van der Waals surface area contributed by atoms with Gasteiger partial charge in [-0.15, -0.1) is 11.8 Å². The van der Waals surface area contributed by atoms with Crippen molar-refractivity contribution in [3.63, 3.8) is 0 Å². The molecule has 16 heavy (non-hydrogen) atoms. The summed E-state index contributed by atoms with van der Waals surface area (Å²) in [5.41, 5.74) is -0.637. The Bertz CT molecular complexity index is 242. The monoisotopic (exact) mass is 245 g/mol. The van der Waals surface area contributed by atoms with Crippen LogP contribution in [0.25, 0.3) is 0 Å². The molecule has 1 amide bonds. The molecule has 0 aliphatic heterocycles. The molecule has 0 spiro atoms. The highest BCUT2D eigenvalue weighted by Gasteiger charge is 2.31. The van der Waals surface area contributed by atoms with Gasteiger partial charge in [0, 0.05) is 11.3 Å². The third kappa shape index (κ3) is 5.21. The zero-order valence-electron chi connectivity index (χ0n) is 10.5. The first-order valence-corrected chi connectivity index (χ1v) is 6.92. The standard InChI is InChI=1S/C12H23NO2S/c1-11(2,3)16-8-10(14)13-9-12(15)6-4-5-7-12/h15H,4-9H2,1-3H3,(H,13,14). The minimum Gasteiger partial charge on any atom is -0.388 e. The third-order valence-electron chi connectivity index (χ3n) is 2.79. The predicted molar refractivity (Wildman–Crippen MR) is 68.6 cm³/mol. The maximum Gasteiger partial charge on any atom is 0.230 e. The zero-order valence-corrected chi connectivity index (χ0v) is 11.3. The maximum absolute atomic E-state index is 11.5. The van der Waals surface area contributed by atoms with Gasteiger partial charge < -0.3 is 10.4 Å². The van der Waals surface area contributed by atoms with E-state index in [-0.39, 0.29) is 10.7 Å². The molecule has 94 valence electrons. The largest absolute Gasteiger partial charge is 0.388 e. The number of amides is 1. The van der Waals surface area contributed by atoms with Crippen molar-refractivity contribution in [1.29, 1.82) is 0 Å². The van der Waals surface area contributed by atoms with Crippen molar-refractivity contribution < 1.29 is 9.90 Å². The smallest absolute Gasteiger partial charge is 0.230 e. The van der Waals surface area contributed by atoms with Gasteiger partial charge in [0.05, 0.1) is 11.4 Å². The molecule has 0 saturated heterocycles. The second-order valence-electron chi connectivity index (χ2n) is 5.61. The van der Waals surface area contributed by atoms with Gasteiger partial charge in [0.1, 0.15) is 0 Å². The normalized spacial score (nSPS) is 19.8. The van der Waals surface area contributed by atoms with E-state index in [9.17, 15) is 9.90 Å². The van der Waals surface area contributed by atoms with Crippen LogP contribution in [-0.4, -0.2) is 33.7 Å². The second kappa shape index (κ2) is 5.41. The molecule has 4 heteroatoms. The molecular weight excluding hydrogens is 222 g/mol. The molecule has 0 aromatic heterocycles. The molecule has 1 fully saturated rings. The summed E-state index contributed by atoms with van der Waals surface area (Å²) in [4.78, 5) is 11.5. The Morgan fingerprint density at radius 2 is 1.94 bits per heavy atom. The van der Waals surface area contributed by atoms with E-state index in [0.717, 1.165) is 25.7 Å². The summed E-state index contributed by atoms with van der Waals surface area (Å²) in [5.74, 6) is 0.500. The summed E-state index contributed by atoms with van der Waals surface area (Å²) < 4.78 is 0.113. The topological polar surface area (TPSA) is 49.3 Å². The molecule has 1 rings (SSSR count). The molecular formula is C12H23NO2S. The Hall–Kier alpha value is -0.220. The van der Waals surface area contributed by atoms with E-state index in [2.05, 4.69) is 26.1 Å². The average molecular weight is 245 g/mol. The first-order chi connectivity index (χ1) is 7.31. The highest BCUT2D eigenvalue weighted by atomic mass is 32.2. The first kappa shape index (κ1) is 13.8. The van der Waals surface area contributed by atoms with Crippen LogP contribution in [0.4, 0.5) is 0 Å². The summed E-state index contributed by atoms with van der Waals surface area (Å²) in [6, 6.07) is 0. The van der Waals surface area contributed by atoms with E-state index in [1.54, 1.807) is 11.8 Å². The van der Waals surface area contributed by atoms with Crippen molar-refractivity contribution in [2.24, 2.45) is 0 Å². The van der Waals surface area contributed by atoms with Gasteiger partial charge in [-0.05, 0) is 12.8 Å². The van der Waals surface area contributed by atoms with Crippen molar-refractivity contribution in [1.82, 2.24) is 5.32 Å². The lowest BCUT2D eigenvalue weighted by molar-refractivity contribution is -0.119. The van der Waals surface area contributed by atoms with Gasteiger partial charge in [-0.1, -0.05) is 33.6 Å². The number of carbonyl (C=O) groups excluding carboxylic acids is 1. The Balaban J connectivity index is 2.20. The van der Waals surface area contributed by atoms with Crippen LogP contribution in [0.2, 0.25) is 0 Å². The highest BCUT2D eigenvalue weighted by molar-refractivity contribution is 8.01. The minimum absolute atomic E-state index is 0.0280. The van der Waals surface area contributed by atoms with E-state index in [4.69, 9.17) is 0 Å². The SMILES string of the molecule is CC(C)(C)SCC(=O)NCC1(O)CCCC1. The van der Waals surface area contributed by atoms with E-state index in [0.29, 0.717) is 12.3 Å². The van der Waals surface area contributed by atoms with Crippen molar-refractivity contribution >= 4 is 17.7 Å². The Morgan fingerprint density at radius 1 is 1.38 bits per heavy atom. The Labute approximate surface area is 102 Å². The van der Waals surface area contributed by atoms with E-state index >= 15 is 0 Å². The average Bonchev–Trinajstić information content (AvgIpc) is 2.59. The molecule has 1 saturated carbocycles. The van der Waals surface area contributed by atoms with Crippen molar-refractivity contribution in [3.05, 3.63) is 0 Å². The van der Waals surface area contributed by atoms with Gasteiger partial charge >= 0.3 is 0 Å².